The minimum absolute atomic E-state index is 0.206. The topological polar surface area (TPSA) is 49.3 Å². The summed E-state index contributed by atoms with van der Waals surface area (Å²) in [5.41, 5.74) is 1.68. The molecule has 110 valence electrons. The van der Waals surface area contributed by atoms with Crippen molar-refractivity contribution in [3.05, 3.63) is 65.7 Å². The van der Waals surface area contributed by atoms with Crippen molar-refractivity contribution >= 4 is 11.6 Å². The van der Waals surface area contributed by atoms with Gasteiger partial charge in [0.2, 0.25) is 5.91 Å². The van der Waals surface area contributed by atoms with E-state index in [9.17, 15) is 9.90 Å². The van der Waals surface area contributed by atoms with E-state index in [0.29, 0.717) is 0 Å². The summed E-state index contributed by atoms with van der Waals surface area (Å²) < 4.78 is 0. The smallest absolute Gasteiger partial charge is 0.233 e. The van der Waals surface area contributed by atoms with Crippen molar-refractivity contribution in [2.75, 3.05) is 5.32 Å². The van der Waals surface area contributed by atoms with E-state index in [4.69, 9.17) is 0 Å². The summed E-state index contributed by atoms with van der Waals surface area (Å²) in [5.74, 6) is -0.206. The molecule has 0 aromatic heterocycles. The van der Waals surface area contributed by atoms with Crippen LogP contribution in [0.25, 0.3) is 0 Å². The lowest BCUT2D eigenvalue weighted by Gasteiger charge is -2.29. The van der Waals surface area contributed by atoms with E-state index in [-0.39, 0.29) is 5.91 Å². The van der Waals surface area contributed by atoms with Crippen LogP contribution >= 0.6 is 0 Å². The van der Waals surface area contributed by atoms with Gasteiger partial charge in [-0.25, -0.2) is 0 Å². The third kappa shape index (κ3) is 3.50. The molecule has 0 bridgehead atoms. The fourth-order valence-electron chi connectivity index (χ4n) is 2.11. The summed E-state index contributed by atoms with van der Waals surface area (Å²) in [6.07, 6.45) is -0.857. The molecule has 0 fully saturated rings. The lowest BCUT2D eigenvalue weighted by Crippen LogP contribution is -2.36. The van der Waals surface area contributed by atoms with Gasteiger partial charge in [-0.05, 0) is 38.5 Å². The lowest BCUT2D eigenvalue weighted by atomic mass is 9.81. The van der Waals surface area contributed by atoms with Gasteiger partial charge in [-0.2, -0.15) is 0 Å². The van der Waals surface area contributed by atoms with Gasteiger partial charge in [-0.15, -0.1) is 0 Å². The van der Waals surface area contributed by atoms with Crippen molar-refractivity contribution in [1.82, 2.24) is 0 Å². The Balaban J connectivity index is 2.14. The summed E-state index contributed by atoms with van der Waals surface area (Å²) in [7, 11) is 0. The standard InChI is InChI=1S/C18H21NO2/c1-13-9-11-15(12-10-13)19-17(21)18(2,3)16(20)14-7-5-4-6-8-14/h4-12,16,20H,1-3H3,(H,19,21)/t16-/m0/s1. The number of hydrogen-bond donors (Lipinski definition) is 2. The number of rotatable bonds is 4. The van der Waals surface area contributed by atoms with Gasteiger partial charge in [-0.3, -0.25) is 4.79 Å². The molecule has 0 aliphatic heterocycles. The summed E-state index contributed by atoms with van der Waals surface area (Å²) >= 11 is 0. The number of hydrogen-bond acceptors (Lipinski definition) is 2. The highest BCUT2D eigenvalue weighted by atomic mass is 16.3. The first-order valence-electron chi connectivity index (χ1n) is 7.02. The molecule has 0 heterocycles. The molecule has 3 nitrogen and oxygen atoms in total. The highest BCUT2D eigenvalue weighted by Crippen LogP contribution is 2.34. The van der Waals surface area contributed by atoms with Crippen molar-refractivity contribution in [1.29, 1.82) is 0 Å². The number of aliphatic hydroxyl groups is 1. The zero-order valence-electron chi connectivity index (χ0n) is 12.6. The van der Waals surface area contributed by atoms with Gasteiger partial charge in [0.15, 0.2) is 0 Å². The summed E-state index contributed by atoms with van der Waals surface area (Å²) in [4.78, 5) is 12.5. The minimum atomic E-state index is -0.924. The van der Waals surface area contributed by atoms with Crippen LogP contribution in [-0.2, 0) is 4.79 Å². The van der Waals surface area contributed by atoms with Crippen molar-refractivity contribution < 1.29 is 9.90 Å². The third-order valence-corrected chi connectivity index (χ3v) is 3.69. The van der Waals surface area contributed by atoms with Crippen LogP contribution in [0.3, 0.4) is 0 Å². The quantitative estimate of drug-likeness (QED) is 0.899. The molecular weight excluding hydrogens is 262 g/mol. The van der Waals surface area contributed by atoms with Crippen LogP contribution < -0.4 is 5.32 Å². The third-order valence-electron chi connectivity index (χ3n) is 3.69. The average Bonchev–Trinajstić information content (AvgIpc) is 2.49. The Morgan fingerprint density at radius 2 is 1.62 bits per heavy atom. The molecule has 2 N–H and O–H groups in total. The first-order valence-corrected chi connectivity index (χ1v) is 7.02. The van der Waals surface area contributed by atoms with E-state index >= 15 is 0 Å². The van der Waals surface area contributed by atoms with Crippen molar-refractivity contribution in [3.63, 3.8) is 0 Å². The highest BCUT2D eigenvalue weighted by molar-refractivity contribution is 5.95. The highest BCUT2D eigenvalue weighted by Gasteiger charge is 2.36. The Bertz CT molecular complexity index is 603. The van der Waals surface area contributed by atoms with E-state index in [0.717, 1.165) is 16.8 Å². The van der Waals surface area contributed by atoms with Crippen LogP contribution in [0.1, 0.15) is 31.1 Å². The van der Waals surface area contributed by atoms with E-state index in [1.54, 1.807) is 13.8 Å². The predicted molar refractivity (Wildman–Crippen MR) is 85.0 cm³/mol. The maximum atomic E-state index is 12.5. The minimum Gasteiger partial charge on any atom is -0.387 e. The van der Waals surface area contributed by atoms with E-state index in [1.165, 1.54) is 0 Å². The SMILES string of the molecule is Cc1ccc(NC(=O)C(C)(C)[C@@H](O)c2ccccc2)cc1. The predicted octanol–water partition coefficient (Wildman–Crippen LogP) is 3.69. The Morgan fingerprint density at radius 3 is 2.19 bits per heavy atom. The summed E-state index contributed by atoms with van der Waals surface area (Å²) in [6, 6.07) is 16.8. The second-order valence-electron chi connectivity index (χ2n) is 5.86. The molecule has 0 saturated heterocycles. The van der Waals surface area contributed by atoms with Crippen LogP contribution in [0, 0.1) is 12.3 Å². The van der Waals surface area contributed by atoms with E-state index < -0.39 is 11.5 Å². The zero-order chi connectivity index (χ0) is 15.5. The van der Waals surface area contributed by atoms with Gasteiger partial charge in [0.1, 0.15) is 0 Å². The maximum Gasteiger partial charge on any atom is 0.233 e. The van der Waals surface area contributed by atoms with Gasteiger partial charge in [-0.1, -0.05) is 48.0 Å². The maximum absolute atomic E-state index is 12.5. The van der Waals surface area contributed by atoms with Crippen molar-refractivity contribution in [3.8, 4) is 0 Å². The molecule has 2 aromatic rings. The van der Waals surface area contributed by atoms with Gasteiger partial charge < -0.3 is 10.4 Å². The molecule has 0 aliphatic carbocycles. The number of carbonyl (C=O) groups is 1. The molecule has 0 unspecified atom stereocenters. The first-order chi connectivity index (χ1) is 9.91. The van der Waals surface area contributed by atoms with Crippen LogP contribution in [-0.4, -0.2) is 11.0 Å². The molecule has 21 heavy (non-hydrogen) atoms. The second kappa shape index (κ2) is 6.10. The number of nitrogens with one attached hydrogen (secondary N) is 1. The number of carbonyl (C=O) groups excluding carboxylic acids is 1. The first kappa shape index (κ1) is 15.3. The molecule has 1 atom stereocenters. The molecule has 3 heteroatoms. The number of aryl methyl sites for hydroxylation is 1. The molecule has 2 rings (SSSR count). The molecular formula is C18H21NO2. The molecule has 1 amide bonds. The van der Waals surface area contributed by atoms with Crippen LogP contribution in [0.2, 0.25) is 0 Å². The number of amides is 1. The largest absolute Gasteiger partial charge is 0.387 e. The Morgan fingerprint density at radius 1 is 1.05 bits per heavy atom. The number of aliphatic hydroxyl groups excluding tert-OH is 1. The molecule has 0 radical (unpaired) electrons. The van der Waals surface area contributed by atoms with Crippen molar-refractivity contribution in [2.24, 2.45) is 5.41 Å². The Hall–Kier alpha value is -2.13. The lowest BCUT2D eigenvalue weighted by molar-refractivity contribution is -0.130. The molecule has 0 aliphatic rings. The van der Waals surface area contributed by atoms with Gasteiger partial charge in [0.25, 0.3) is 0 Å². The monoisotopic (exact) mass is 283 g/mol. The van der Waals surface area contributed by atoms with Crippen molar-refractivity contribution in [2.45, 2.75) is 26.9 Å². The van der Waals surface area contributed by atoms with Gasteiger partial charge in [0, 0.05) is 5.69 Å². The molecule has 0 spiro atoms. The summed E-state index contributed by atoms with van der Waals surface area (Å²) in [6.45, 7) is 5.48. The van der Waals surface area contributed by atoms with E-state index in [2.05, 4.69) is 5.32 Å². The van der Waals surface area contributed by atoms with E-state index in [1.807, 2.05) is 61.5 Å². The Labute approximate surface area is 125 Å². The van der Waals surface area contributed by atoms with Crippen LogP contribution in [0.4, 0.5) is 5.69 Å². The molecule has 0 saturated carbocycles. The zero-order valence-corrected chi connectivity index (χ0v) is 12.6. The fraction of sp³-hybridized carbons (Fsp3) is 0.278. The van der Waals surface area contributed by atoms with Crippen LogP contribution in [0.5, 0.6) is 0 Å². The van der Waals surface area contributed by atoms with Gasteiger partial charge >= 0.3 is 0 Å². The Kier molecular flexibility index (Phi) is 4.43. The number of anilines is 1. The number of benzene rings is 2. The molecule has 2 aromatic carbocycles. The normalized spacial score (nSPS) is 12.8. The summed E-state index contributed by atoms with van der Waals surface area (Å²) in [5, 5.41) is 13.3. The van der Waals surface area contributed by atoms with Crippen LogP contribution in [0.15, 0.2) is 54.6 Å². The fourth-order valence-corrected chi connectivity index (χ4v) is 2.11. The average molecular weight is 283 g/mol. The second-order valence-corrected chi connectivity index (χ2v) is 5.86. The van der Waals surface area contributed by atoms with Gasteiger partial charge in [0.05, 0.1) is 11.5 Å².